The van der Waals surface area contributed by atoms with E-state index >= 15 is 0 Å². The number of hydrogen-bond acceptors (Lipinski definition) is 6. The van der Waals surface area contributed by atoms with E-state index in [-0.39, 0.29) is 0 Å². The van der Waals surface area contributed by atoms with Crippen LogP contribution in [0.25, 0.3) is 21.1 Å². The average molecular weight is 288 g/mol. The molecule has 2 N–H and O–H groups in total. The molecule has 19 heavy (non-hydrogen) atoms. The van der Waals surface area contributed by atoms with E-state index in [1.54, 1.807) is 28.9 Å². The maximum absolute atomic E-state index is 5.92. The Labute approximate surface area is 119 Å². The van der Waals surface area contributed by atoms with Crippen LogP contribution in [-0.2, 0) is 0 Å². The zero-order valence-electron chi connectivity index (χ0n) is 10.5. The topological polar surface area (TPSA) is 64.7 Å². The van der Waals surface area contributed by atoms with Crippen molar-refractivity contribution in [3.63, 3.8) is 0 Å². The summed E-state index contributed by atoms with van der Waals surface area (Å²) in [5.74, 6) is 1.16. The van der Waals surface area contributed by atoms with Gasteiger partial charge >= 0.3 is 0 Å². The molecule has 3 aromatic heterocycles. The van der Waals surface area contributed by atoms with Gasteiger partial charge in [-0.1, -0.05) is 0 Å². The number of hydrogen-bond donors (Lipinski definition) is 1. The monoisotopic (exact) mass is 288 g/mol. The quantitative estimate of drug-likeness (QED) is 0.783. The molecule has 0 amide bonds. The smallest absolute Gasteiger partial charge is 0.137 e. The molecule has 4 nitrogen and oxygen atoms in total. The van der Waals surface area contributed by atoms with Gasteiger partial charge < -0.3 is 5.73 Å². The van der Waals surface area contributed by atoms with E-state index in [9.17, 15) is 0 Å². The minimum Gasteiger partial charge on any atom is -0.383 e. The molecule has 0 saturated carbocycles. The van der Waals surface area contributed by atoms with Crippen molar-refractivity contribution in [2.75, 3.05) is 5.73 Å². The van der Waals surface area contributed by atoms with Crippen LogP contribution in [0.4, 0.5) is 5.82 Å². The number of anilines is 1. The summed E-state index contributed by atoms with van der Waals surface area (Å²) in [5, 5.41) is 2.90. The molecule has 3 heterocycles. The first kappa shape index (κ1) is 12.3. The molecule has 0 spiro atoms. The number of nitrogen functional groups attached to an aromatic ring is 1. The molecule has 0 aliphatic heterocycles. The van der Waals surface area contributed by atoms with Crippen LogP contribution in [0, 0.1) is 13.8 Å². The molecular weight excluding hydrogens is 276 g/mol. The largest absolute Gasteiger partial charge is 0.383 e. The zero-order valence-corrected chi connectivity index (χ0v) is 12.2. The third-order valence-corrected chi connectivity index (χ3v) is 4.56. The van der Waals surface area contributed by atoms with Crippen molar-refractivity contribution in [1.29, 1.82) is 0 Å². The molecule has 0 radical (unpaired) electrons. The van der Waals surface area contributed by atoms with Crippen LogP contribution in [-0.4, -0.2) is 15.0 Å². The molecule has 0 fully saturated rings. The third kappa shape index (κ3) is 2.36. The van der Waals surface area contributed by atoms with Crippen LogP contribution in [0.15, 0.2) is 23.7 Å². The Morgan fingerprint density at radius 3 is 2.68 bits per heavy atom. The zero-order chi connectivity index (χ0) is 13.4. The first-order valence-corrected chi connectivity index (χ1v) is 7.45. The number of rotatable bonds is 2. The van der Waals surface area contributed by atoms with E-state index in [0.29, 0.717) is 11.6 Å². The van der Waals surface area contributed by atoms with Gasteiger partial charge in [-0.25, -0.2) is 15.0 Å². The molecule has 3 aromatic rings. The Morgan fingerprint density at radius 1 is 1.16 bits per heavy atom. The summed E-state index contributed by atoms with van der Waals surface area (Å²) < 4.78 is 0. The first-order chi connectivity index (χ1) is 9.13. The van der Waals surface area contributed by atoms with E-state index < -0.39 is 0 Å². The molecule has 0 atom stereocenters. The normalized spacial score (nSPS) is 10.8. The van der Waals surface area contributed by atoms with E-state index in [0.717, 1.165) is 16.3 Å². The second-order valence-corrected chi connectivity index (χ2v) is 6.31. The lowest BCUT2D eigenvalue weighted by molar-refractivity contribution is 1.06. The highest BCUT2D eigenvalue weighted by Gasteiger charge is 2.11. The average Bonchev–Trinajstić information content (AvgIpc) is 2.97. The summed E-state index contributed by atoms with van der Waals surface area (Å²) in [5.41, 5.74) is 7.71. The number of nitrogens with zero attached hydrogens (tertiary/aromatic N) is 3. The van der Waals surface area contributed by atoms with E-state index in [1.807, 2.05) is 12.3 Å². The Kier molecular flexibility index (Phi) is 3.04. The number of nitrogens with two attached hydrogens (primary N) is 1. The molecule has 0 aliphatic rings. The molecule has 6 heteroatoms. The van der Waals surface area contributed by atoms with Crippen LogP contribution in [0.5, 0.6) is 0 Å². The van der Waals surface area contributed by atoms with Crippen LogP contribution < -0.4 is 5.73 Å². The van der Waals surface area contributed by atoms with Gasteiger partial charge in [0.2, 0.25) is 0 Å². The fourth-order valence-corrected chi connectivity index (χ4v) is 3.48. The van der Waals surface area contributed by atoms with Gasteiger partial charge in [0.05, 0.1) is 16.1 Å². The van der Waals surface area contributed by atoms with Gasteiger partial charge in [0, 0.05) is 16.5 Å². The minimum absolute atomic E-state index is 0.482. The van der Waals surface area contributed by atoms with Crippen LogP contribution >= 0.6 is 22.7 Å². The van der Waals surface area contributed by atoms with E-state index in [1.165, 1.54) is 9.75 Å². The minimum atomic E-state index is 0.482. The Morgan fingerprint density at radius 2 is 2.00 bits per heavy atom. The highest BCUT2D eigenvalue weighted by atomic mass is 32.1. The van der Waals surface area contributed by atoms with Crippen molar-refractivity contribution in [2.24, 2.45) is 0 Å². The number of aryl methyl sites for hydroxylation is 2. The van der Waals surface area contributed by atoms with Crippen LogP contribution in [0.3, 0.4) is 0 Å². The Bertz CT molecular complexity index is 730. The van der Waals surface area contributed by atoms with Crippen molar-refractivity contribution in [3.05, 3.63) is 34.4 Å². The van der Waals surface area contributed by atoms with Gasteiger partial charge in [-0.15, -0.1) is 22.7 Å². The van der Waals surface area contributed by atoms with Crippen molar-refractivity contribution in [3.8, 4) is 21.1 Å². The van der Waals surface area contributed by atoms with Gasteiger partial charge in [-0.05, 0) is 26.0 Å². The predicted octanol–water partition coefficient (Wildman–Crippen LogP) is 3.53. The summed E-state index contributed by atoms with van der Waals surface area (Å²) in [6.07, 6.45) is 1.74. The molecule has 0 aromatic carbocycles. The molecular formula is C13H12N4S2. The Hall–Kier alpha value is -1.79. The molecule has 0 unspecified atom stereocenters. The number of aromatic nitrogens is 3. The molecule has 96 valence electrons. The highest BCUT2D eigenvalue weighted by molar-refractivity contribution is 7.16. The lowest BCUT2D eigenvalue weighted by Crippen LogP contribution is -1.97. The summed E-state index contributed by atoms with van der Waals surface area (Å²) in [7, 11) is 0. The first-order valence-electron chi connectivity index (χ1n) is 5.75. The molecule has 0 saturated heterocycles. The van der Waals surface area contributed by atoms with Gasteiger partial charge in [-0.3, -0.25) is 0 Å². The van der Waals surface area contributed by atoms with E-state index in [4.69, 9.17) is 5.73 Å². The molecule has 0 aliphatic carbocycles. The predicted molar refractivity (Wildman–Crippen MR) is 80.3 cm³/mol. The lowest BCUT2D eigenvalue weighted by Gasteiger charge is -2.00. The standard InChI is InChI=1S/C13H12N4S2/c1-7-3-4-11(19-7)10-6-18-13(17-10)9-5-15-8(2)16-12(9)14/h3-6H,1-2H3,(H2,14,15,16). The third-order valence-electron chi connectivity index (χ3n) is 2.67. The lowest BCUT2D eigenvalue weighted by atomic mass is 10.3. The highest BCUT2D eigenvalue weighted by Crippen LogP contribution is 2.33. The molecule has 0 bridgehead atoms. The van der Waals surface area contributed by atoms with Gasteiger partial charge in [0.1, 0.15) is 16.6 Å². The van der Waals surface area contributed by atoms with E-state index in [2.05, 4.69) is 34.0 Å². The maximum atomic E-state index is 5.92. The van der Waals surface area contributed by atoms with Crippen molar-refractivity contribution >= 4 is 28.5 Å². The molecule has 3 rings (SSSR count). The summed E-state index contributed by atoms with van der Waals surface area (Å²) in [4.78, 5) is 15.4. The fraction of sp³-hybridized carbons (Fsp3) is 0.154. The van der Waals surface area contributed by atoms with Gasteiger partial charge in [-0.2, -0.15) is 0 Å². The summed E-state index contributed by atoms with van der Waals surface area (Å²) in [6.45, 7) is 3.91. The second-order valence-electron chi connectivity index (χ2n) is 4.16. The number of thiophene rings is 1. The SMILES string of the molecule is Cc1ncc(-c2nc(-c3ccc(C)s3)cs2)c(N)n1. The maximum Gasteiger partial charge on any atom is 0.137 e. The van der Waals surface area contributed by atoms with Gasteiger partial charge in [0.25, 0.3) is 0 Å². The fourth-order valence-electron chi connectivity index (χ4n) is 1.74. The van der Waals surface area contributed by atoms with Crippen molar-refractivity contribution < 1.29 is 0 Å². The second kappa shape index (κ2) is 4.71. The van der Waals surface area contributed by atoms with Crippen LogP contribution in [0.1, 0.15) is 10.7 Å². The Balaban J connectivity index is 2.01. The van der Waals surface area contributed by atoms with Gasteiger partial charge in [0.15, 0.2) is 0 Å². The van der Waals surface area contributed by atoms with Crippen molar-refractivity contribution in [2.45, 2.75) is 13.8 Å². The summed E-state index contributed by atoms with van der Waals surface area (Å²) in [6, 6.07) is 4.19. The van der Waals surface area contributed by atoms with Crippen molar-refractivity contribution in [1.82, 2.24) is 15.0 Å². The van der Waals surface area contributed by atoms with Crippen LogP contribution in [0.2, 0.25) is 0 Å². The summed E-state index contributed by atoms with van der Waals surface area (Å²) >= 11 is 3.30. The number of thiazole rings is 1.